The first-order chi connectivity index (χ1) is 12.4. The van der Waals surface area contributed by atoms with E-state index in [1.165, 1.54) is 12.1 Å². The zero-order valence-electron chi connectivity index (χ0n) is 15.2. The molecule has 0 aliphatic heterocycles. The van der Waals surface area contributed by atoms with Gasteiger partial charge in [-0.15, -0.1) is 0 Å². The number of hydrogen-bond acceptors (Lipinski definition) is 3. The number of carbonyl (C=O) groups excluding carboxylic acids is 1. The third-order valence-electron chi connectivity index (χ3n) is 4.73. The van der Waals surface area contributed by atoms with E-state index in [1.807, 2.05) is 37.3 Å². The highest BCUT2D eigenvalue weighted by Gasteiger charge is 2.23. The van der Waals surface area contributed by atoms with E-state index in [1.54, 1.807) is 24.1 Å². The largest absolute Gasteiger partial charge is 0.388 e. The summed E-state index contributed by atoms with van der Waals surface area (Å²) < 4.78 is 12.9. The van der Waals surface area contributed by atoms with Gasteiger partial charge in [0.05, 0.1) is 18.2 Å². The summed E-state index contributed by atoms with van der Waals surface area (Å²) in [5, 5.41) is 20.6. The van der Waals surface area contributed by atoms with E-state index in [4.69, 9.17) is 0 Å². The van der Waals surface area contributed by atoms with Crippen molar-refractivity contribution in [1.82, 2.24) is 4.90 Å². The lowest BCUT2D eigenvalue weighted by Gasteiger charge is -2.29. The van der Waals surface area contributed by atoms with Gasteiger partial charge in [0.2, 0.25) is 5.91 Å². The summed E-state index contributed by atoms with van der Waals surface area (Å²) in [6, 6.07) is 14.6. The summed E-state index contributed by atoms with van der Waals surface area (Å²) in [6.45, 7) is 1.81. The van der Waals surface area contributed by atoms with Crippen LogP contribution in [0.15, 0.2) is 54.6 Å². The van der Waals surface area contributed by atoms with Crippen molar-refractivity contribution >= 4 is 5.91 Å². The summed E-state index contributed by atoms with van der Waals surface area (Å²) in [7, 11) is 1.68. The number of carbonyl (C=O) groups is 1. The molecular weight excluding hydrogens is 333 g/mol. The quantitative estimate of drug-likeness (QED) is 0.757. The summed E-state index contributed by atoms with van der Waals surface area (Å²) >= 11 is 0. The van der Waals surface area contributed by atoms with Crippen LogP contribution in [0.25, 0.3) is 0 Å². The third kappa shape index (κ3) is 5.38. The van der Waals surface area contributed by atoms with Crippen LogP contribution in [0.1, 0.15) is 49.5 Å². The van der Waals surface area contributed by atoms with Crippen molar-refractivity contribution in [2.75, 3.05) is 7.05 Å². The van der Waals surface area contributed by atoms with Gasteiger partial charge in [-0.05, 0) is 43.0 Å². The zero-order valence-corrected chi connectivity index (χ0v) is 15.2. The Morgan fingerprint density at radius 3 is 2.27 bits per heavy atom. The average molecular weight is 359 g/mol. The molecule has 0 heterocycles. The molecule has 3 atom stereocenters. The molecule has 0 bridgehead atoms. The van der Waals surface area contributed by atoms with E-state index < -0.39 is 12.2 Å². The molecule has 2 aromatic carbocycles. The van der Waals surface area contributed by atoms with Crippen molar-refractivity contribution in [3.05, 3.63) is 71.5 Å². The van der Waals surface area contributed by atoms with Gasteiger partial charge in [-0.1, -0.05) is 42.5 Å². The minimum absolute atomic E-state index is 0.0845. The van der Waals surface area contributed by atoms with Gasteiger partial charge in [0.1, 0.15) is 5.82 Å². The third-order valence-corrected chi connectivity index (χ3v) is 4.73. The molecule has 0 unspecified atom stereocenters. The summed E-state index contributed by atoms with van der Waals surface area (Å²) in [4.78, 5) is 13.9. The Labute approximate surface area is 153 Å². The van der Waals surface area contributed by atoms with E-state index in [0.29, 0.717) is 18.4 Å². The van der Waals surface area contributed by atoms with E-state index >= 15 is 0 Å². The molecule has 0 aromatic heterocycles. The lowest BCUT2D eigenvalue weighted by atomic mass is 10.0. The SMILES string of the molecule is C[C@@H]([C@@H](O)c1ccccc1)N(C)C(=O)CCC[C@H](O)c1ccc(F)cc1. The van der Waals surface area contributed by atoms with Gasteiger partial charge < -0.3 is 15.1 Å². The first-order valence-corrected chi connectivity index (χ1v) is 8.82. The summed E-state index contributed by atoms with van der Waals surface area (Å²) in [5.74, 6) is -0.428. The Morgan fingerprint density at radius 1 is 1.04 bits per heavy atom. The second-order valence-electron chi connectivity index (χ2n) is 6.56. The molecule has 1 amide bonds. The van der Waals surface area contributed by atoms with Crippen LogP contribution in [0.5, 0.6) is 0 Å². The molecule has 5 heteroatoms. The maximum absolute atomic E-state index is 12.9. The lowest BCUT2D eigenvalue weighted by molar-refractivity contribution is -0.134. The molecule has 4 nitrogen and oxygen atoms in total. The topological polar surface area (TPSA) is 60.8 Å². The molecule has 0 saturated heterocycles. The summed E-state index contributed by atoms with van der Waals surface area (Å²) in [5.41, 5.74) is 1.41. The number of aliphatic hydroxyl groups is 2. The number of benzene rings is 2. The van der Waals surface area contributed by atoms with Crippen LogP contribution in [0, 0.1) is 5.82 Å². The Bertz CT molecular complexity index is 690. The van der Waals surface area contributed by atoms with Crippen LogP contribution < -0.4 is 0 Å². The Kier molecular flexibility index (Phi) is 7.30. The second kappa shape index (κ2) is 9.46. The van der Waals surface area contributed by atoms with E-state index in [9.17, 15) is 19.4 Å². The molecule has 2 aromatic rings. The van der Waals surface area contributed by atoms with Gasteiger partial charge in [0.15, 0.2) is 0 Å². The maximum Gasteiger partial charge on any atom is 0.222 e. The van der Waals surface area contributed by atoms with Crippen LogP contribution in [0.3, 0.4) is 0 Å². The van der Waals surface area contributed by atoms with Crippen molar-refractivity contribution in [2.24, 2.45) is 0 Å². The van der Waals surface area contributed by atoms with E-state index in [0.717, 1.165) is 5.56 Å². The second-order valence-corrected chi connectivity index (χ2v) is 6.56. The minimum atomic E-state index is -0.755. The fraction of sp³-hybridized carbons (Fsp3) is 0.381. The van der Waals surface area contributed by atoms with Gasteiger partial charge in [-0.25, -0.2) is 4.39 Å². The highest BCUT2D eigenvalue weighted by Crippen LogP contribution is 2.22. The fourth-order valence-corrected chi connectivity index (χ4v) is 2.84. The smallest absolute Gasteiger partial charge is 0.222 e. The number of halogens is 1. The van der Waals surface area contributed by atoms with Crippen molar-refractivity contribution in [2.45, 2.75) is 44.4 Å². The van der Waals surface area contributed by atoms with Crippen LogP contribution in [-0.2, 0) is 4.79 Å². The molecule has 0 radical (unpaired) electrons. The first-order valence-electron chi connectivity index (χ1n) is 8.82. The van der Waals surface area contributed by atoms with Crippen molar-refractivity contribution in [3.8, 4) is 0 Å². The Morgan fingerprint density at radius 2 is 1.65 bits per heavy atom. The highest BCUT2D eigenvalue weighted by molar-refractivity contribution is 5.76. The first kappa shape index (κ1) is 20.1. The predicted octanol–water partition coefficient (Wildman–Crippen LogP) is 3.61. The predicted molar refractivity (Wildman–Crippen MR) is 98.8 cm³/mol. The van der Waals surface area contributed by atoms with Crippen molar-refractivity contribution < 1.29 is 19.4 Å². The molecule has 0 saturated carbocycles. The molecular formula is C21H26FNO3. The summed E-state index contributed by atoms with van der Waals surface area (Å²) in [6.07, 6.45) is -0.270. The molecule has 26 heavy (non-hydrogen) atoms. The standard InChI is InChI=1S/C21H26FNO3/c1-15(21(26)17-7-4-3-5-8-17)23(2)20(25)10-6-9-19(24)16-11-13-18(22)14-12-16/h3-5,7-8,11-15,19,21,24,26H,6,9-10H2,1-2H3/t15-,19-,21+/m0/s1. The minimum Gasteiger partial charge on any atom is -0.388 e. The van der Waals surface area contributed by atoms with Crippen molar-refractivity contribution in [1.29, 1.82) is 0 Å². The molecule has 140 valence electrons. The number of likely N-dealkylation sites (N-methyl/N-ethyl adjacent to an activating group) is 1. The van der Waals surface area contributed by atoms with Gasteiger partial charge in [0.25, 0.3) is 0 Å². The van der Waals surface area contributed by atoms with Crippen molar-refractivity contribution in [3.63, 3.8) is 0 Å². The number of nitrogens with zero attached hydrogens (tertiary/aromatic N) is 1. The molecule has 2 rings (SSSR count). The molecule has 2 N–H and O–H groups in total. The highest BCUT2D eigenvalue weighted by atomic mass is 19.1. The number of hydrogen-bond donors (Lipinski definition) is 2. The molecule has 0 aliphatic rings. The molecule has 0 spiro atoms. The van der Waals surface area contributed by atoms with E-state index in [2.05, 4.69) is 0 Å². The maximum atomic E-state index is 12.9. The number of amides is 1. The monoisotopic (exact) mass is 359 g/mol. The average Bonchev–Trinajstić information content (AvgIpc) is 2.67. The van der Waals surface area contributed by atoms with Gasteiger partial charge in [-0.3, -0.25) is 4.79 Å². The molecule has 0 fully saturated rings. The van der Waals surface area contributed by atoms with Gasteiger partial charge in [0, 0.05) is 13.5 Å². The van der Waals surface area contributed by atoms with Crippen LogP contribution >= 0.6 is 0 Å². The van der Waals surface area contributed by atoms with Gasteiger partial charge in [-0.2, -0.15) is 0 Å². The number of aliphatic hydroxyl groups excluding tert-OH is 2. The Hall–Kier alpha value is -2.24. The molecule has 0 aliphatic carbocycles. The fourth-order valence-electron chi connectivity index (χ4n) is 2.84. The van der Waals surface area contributed by atoms with Gasteiger partial charge >= 0.3 is 0 Å². The lowest BCUT2D eigenvalue weighted by Crippen LogP contribution is -2.39. The van der Waals surface area contributed by atoms with Crippen LogP contribution in [0.2, 0.25) is 0 Å². The number of rotatable bonds is 8. The Balaban J connectivity index is 1.82. The van der Waals surface area contributed by atoms with Crippen LogP contribution in [-0.4, -0.2) is 34.1 Å². The zero-order chi connectivity index (χ0) is 19.1. The van der Waals surface area contributed by atoms with E-state index in [-0.39, 0.29) is 24.2 Å². The normalized spacial score (nSPS) is 14.5. The van der Waals surface area contributed by atoms with Crippen LogP contribution in [0.4, 0.5) is 4.39 Å².